The van der Waals surface area contributed by atoms with Crippen LogP contribution in [0.3, 0.4) is 0 Å². The monoisotopic (exact) mass is 293 g/mol. The molecule has 0 saturated carbocycles. The van der Waals surface area contributed by atoms with Crippen molar-refractivity contribution in [2.75, 3.05) is 25.5 Å². The zero-order chi connectivity index (χ0) is 15.5. The van der Waals surface area contributed by atoms with Crippen LogP contribution in [0, 0.1) is 11.3 Å². The molecule has 0 N–H and O–H groups in total. The van der Waals surface area contributed by atoms with Crippen molar-refractivity contribution in [1.82, 2.24) is 14.9 Å². The summed E-state index contributed by atoms with van der Waals surface area (Å²) in [6.45, 7) is 2.67. The van der Waals surface area contributed by atoms with Crippen molar-refractivity contribution in [3.63, 3.8) is 0 Å². The quantitative estimate of drug-likeness (QED) is 0.866. The number of fused-ring (bicyclic) bond motifs is 1. The number of hydrogen-bond donors (Lipinski definition) is 0. The summed E-state index contributed by atoms with van der Waals surface area (Å²) in [5, 5.41) is 9.01. The molecule has 0 bridgehead atoms. The smallest absolute Gasteiger partial charge is 0.136 e. The molecule has 0 fully saturated rings. The van der Waals surface area contributed by atoms with Crippen LogP contribution in [0.25, 0.3) is 0 Å². The molecule has 1 aromatic carbocycles. The molecule has 0 unspecified atom stereocenters. The second kappa shape index (κ2) is 6.12. The summed E-state index contributed by atoms with van der Waals surface area (Å²) in [6.07, 6.45) is 2.59. The fourth-order valence-electron chi connectivity index (χ4n) is 2.90. The highest BCUT2D eigenvalue weighted by Crippen LogP contribution is 2.25. The number of anilines is 1. The first-order chi connectivity index (χ1) is 10.7. The molecule has 5 heteroatoms. The first-order valence-electron chi connectivity index (χ1n) is 7.39. The largest absolute Gasteiger partial charge is 0.362 e. The number of aromatic nitrogens is 2. The Morgan fingerprint density at radius 3 is 2.95 bits per heavy atom. The van der Waals surface area contributed by atoms with Gasteiger partial charge in [0.1, 0.15) is 12.1 Å². The number of rotatable bonds is 3. The minimum Gasteiger partial charge on any atom is -0.362 e. The van der Waals surface area contributed by atoms with Crippen molar-refractivity contribution in [2.45, 2.75) is 19.5 Å². The summed E-state index contributed by atoms with van der Waals surface area (Å²) in [6, 6.07) is 10.0. The molecule has 0 radical (unpaired) electrons. The first-order valence-corrected chi connectivity index (χ1v) is 7.39. The van der Waals surface area contributed by atoms with Crippen molar-refractivity contribution in [1.29, 1.82) is 5.26 Å². The summed E-state index contributed by atoms with van der Waals surface area (Å²) in [4.78, 5) is 13.3. The van der Waals surface area contributed by atoms with Crippen molar-refractivity contribution < 1.29 is 0 Å². The van der Waals surface area contributed by atoms with Gasteiger partial charge in [-0.3, -0.25) is 4.90 Å². The highest BCUT2D eigenvalue weighted by molar-refractivity contribution is 5.48. The maximum absolute atomic E-state index is 9.01. The van der Waals surface area contributed by atoms with Crippen LogP contribution in [0.5, 0.6) is 0 Å². The Morgan fingerprint density at radius 1 is 1.32 bits per heavy atom. The van der Waals surface area contributed by atoms with Gasteiger partial charge in [0.2, 0.25) is 0 Å². The van der Waals surface area contributed by atoms with Crippen LogP contribution in [-0.4, -0.2) is 35.5 Å². The van der Waals surface area contributed by atoms with E-state index in [0.717, 1.165) is 37.6 Å². The van der Waals surface area contributed by atoms with E-state index in [0.29, 0.717) is 5.56 Å². The van der Waals surface area contributed by atoms with Crippen LogP contribution < -0.4 is 4.90 Å². The molecule has 3 rings (SSSR count). The molecular weight excluding hydrogens is 274 g/mol. The van der Waals surface area contributed by atoms with Crippen molar-refractivity contribution in [3.8, 4) is 6.07 Å². The third-order valence-corrected chi connectivity index (χ3v) is 3.94. The SMILES string of the molecule is CN(C)c1ncnc2c1CN(Cc1cccc(C#N)c1)CC2. The van der Waals surface area contributed by atoms with Gasteiger partial charge in [0.05, 0.1) is 17.3 Å². The van der Waals surface area contributed by atoms with Gasteiger partial charge in [-0.1, -0.05) is 12.1 Å². The molecular formula is C17H19N5. The van der Waals surface area contributed by atoms with E-state index in [9.17, 15) is 0 Å². The zero-order valence-electron chi connectivity index (χ0n) is 13.0. The molecule has 0 atom stereocenters. The van der Waals surface area contributed by atoms with Gasteiger partial charge < -0.3 is 4.90 Å². The van der Waals surface area contributed by atoms with Crippen LogP contribution in [0.15, 0.2) is 30.6 Å². The van der Waals surface area contributed by atoms with E-state index in [4.69, 9.17) is 5.26 Å². The number of benzene rings is 1. The molecule has 0 amide bonds. The lowest BCUT2D eigenvalue weighted by atomic mass is 10.0. The predicted octanol–water partition coefficient (Wildman–Crippen LogP) is 1.97. The Bertz CT molecular complexity index is 717. The molecule has 5 nitrogen and oxygen atoms in total. The van der Waals surface area contributed by atoms with E-state index in [2.05, 4.69) is 27.0 Å². The summed E-state index contributed by atoms with van der Waals surface area (Å²) in [5.74, 6) is 1.00. The van der Waals surface area contributed by atoms with E-state index >= 15 is 0 Å². The standard InChI is InChI=1S/C17H19N5/c1-21(2)17-15-11-22(7-6-16(15)19-12-20-17)10-14-5-3-4-13(8-14)9-18/h3-5,8,12H,6-7,10-11H2,1-2H3. The third kappa shape index (κ3) is 2.92. The minimum atomic E-state index is 0.715. The Labute approximate surface area is 130 Å². The number of nitriles is 1. The predicted molar refractivity (Wildman–Crippen MR) is 85.3 cm³/mol. The zero-order valence-corrected chi connectivity index (χ0v) is 13.0. The lowest BCUT2D eigenvalue weighted by Crippen LogP contribution is -2.32. The number of hydrogen-bond acceptors (Lipinski definition) is 5. The van der Waals surface area contributed by atoms with E-state index in [1.54, 1.807) is 6.33 Å². The summed E-state index contributed by atoms with van der Waals surface area (Å²) < 4.78 is 0. The molecule has 1 aromatic heterocycles. The molecule has 2 heterocycles. The second-order valence-electron chi connectivity index (χ2n) is 5.79. The molecule has 0 saturated heterocycles. The average molecular weight is 293 g/mol. The normalized spacial score (nSPS) is 14.2. The van der Waals surface area contributed by atoms with E-state index in [1.807, 2.05) is 37.2 Å². The number of nitrogens with zero attached hydrogens (tertiary/aromatic N) is 5. The second-order valence-corrected chi connectivity index (χ2v) is 5.79. The molecule has 22 heavy (non-hydrogen) atoms. The molecule has 112 valence electrons. The van der Waals surface area contributed by atoms with Gasteiger partial charge in [-0.05, 0) is 17.7 Å². The molecule has 0 aliphatic carbocycles. The van der Waals surface area contributed by atoms with Crippen LogP contribution in [0.4, 0.5) is 5.82 Å². The van der Waals surface area contributed by atoms with Crippen LogP contribution >= 0.6 is 0 Å². The lowest BCUT2D eigenvalue weighted by molar-refractivity contribution is 0.243. The summed E-state index contributed by atoms with van der Waals surface area (Å²) in [7, 11) is 4.02. The van der Waals surface area contributed by atoms with Crippen molar-refractivity contribution in [2.24, 2.45) is 0 Å². The van der Waals surface area contributed by atoms with Gasteiger partial charge in [-0.15, -0.1) is 0 Å². The van der Waals surface area contributed by atoms with Crippen LogP contribution in [0.2, 0.25) is 0 Å². The Hall–Kier alpha value is -2.45. The molecule has 1 aliphatic heterocycles. The average Bonchev–Trinajstić information content (AvgIpc) is 2.54. The maximum atomic E-state index is 9.01. The van der Waals surface area contributed by atoms with Gasteiger partial charge in [0, 0.05) is 45.7 Å². The van der Waals surface area contributed by atoms with E-state index < -0.39 is 0 Å². The Morgan fingerprint density at radius 2 is 2.18 bits per heavy atom. The molecule has 1 aliphatic rings. The first kappa shape index (κ1) is 14.5. The Kier molecular flexibility index (Phi) is 4.03. The summed E-state index contributed by atoms with van der Waals surface area (Å²) >= 11 is 0. The fourth-order valence-corrected chi connectivity index (χ4v) is 2.90. The van der Waals surface area contributed by atoms with Gasteiger partial charge in [0.25, 0.3) is 0 Å². The van der Waals surface area contributed by atoms with Crippen molar-refractivity contribution in [3.05, 3.63) is 53.0 Å². The van der Waals surface area contributed by atoms with Crippen LogP contribution in [0.1, 0.15) is 22.4 Å². The van der Waals surface area contributed by atoms with Gasteiger partial charge in [-0.2, -0.15) is 5.26 Å². The van der Waals surface area contributed by atoms with Gasteiger partial charge in [-0.25, -0.2) is 9.97 Å². The molecule has 2 aromatic rings. The van der Waals surface area contributed by atoms with Crippen molar-refractivity contribution >= 4 is 5.82 Å². The van der Waals surface area contributed by atoms with E-state index in [-0.39, 0.29) is 0 Å². The highest BCUT2D eigenvalue weighted by atomic mass is 15.2. The maximum Gasteiger partial charge on any atom is 0.136 e. The minimum absolute atomic E-state index is 0.715. The topological polar surface area (TPSA) is 56.1 Å². The summed E-state index contributed by atoms with van der Waals surface area (Å²) in [5.41, 5.74) is 4.26. The van der Waals surface area contributed by atoms with E-state index in [1.165, 1.54) is 11.1 Å². The van der Waals surface area contributed by atoms with Gasteiger partial charge >= 0.3 is 0 Å². The highest BCUT2D eigenvalue weighted by Gasteiger charge is 2.21. The fraction of sp³-hybridized carbons (Fsp3) is 0.353. The lowest BCUT2D eigenvalue weighted by Gasteiger charge is -2.30. The molecule has 0 spiro atoms. The third-order valence-electron chi connectivity index (χ3n) is 3.94. The Balaban J connectivity index is 1.80. The van der Waals surface area contributed by atoms with Crippen LogP contribution in [-0.2, 0) is 19.5 Å². The van der Waals surface area contributed by atoms with Gasteiger partial charge in [0.15, 0.2) is 0 Å².